The molecule has 1 aromatic rings. The second kappa shape index (κ2) is 12.4. The summed E-state index contributed by atoms with van der Waals surface area (Å²) in [6, 6.07) is 4.30. The summed E-state index contributed by atoms with van der Waals surface area (Å²) < 4.78 is 5.51. The van der Waals surface area contributed by atoms with E-state index >= 15 is 0 Å². The lowest BCUT2D eigenvalue weighted by molar-refractivity contribution is -0.124. The predicted molar refractivity (Wildman–Crippen MR) is 150 cm³/mol. The average Bonchev–Trinajstić information content (AvgIpc) is 3.17. The van der Waals surface area contributed by atoms with E-state index in [1.165, 1.54) is 7.05 Å². The molecule has 0 spiro atoms. The number of nitrogens with one attached hydrogen (secondary N) is 1. The van der Waals surface area contributed by atoms with Crippen molar-refractivity contribution in [1.29, 1.82) is 0 Å². The van der Waals surface area contributed by atoms with Crippen LogP contribution in [0.1, 0.15) is 86.4 Å². The van der Waals surface area contributed by atoms with Gasteiger partial charge in [-0.1, -0.05) is 0 Å². The summed E-state index contributed by atoms with van der Waals surface area (Å²) in [6.07, 6.45) is 5.89. The van der Waals surface area contributed by atoms with Gasteiger partial charge in [0.2, 0.25) is 5.91 Å². The fourth-order valence-corrected chi connectivity index (χ4v) is 6.07. The van der Waals surface area contributed by atoms with Crippen molar-refractivity contribution in [2.45, 2.75) is 77.4 Å². The van der Waals surface area contributed by atoms with Crippen molar-refractivity contribution in [3.8, 4) is 0 Å². The number of carbonyl (C=O) groups excluding carboxylic acids is 5. The van der Waals surface area contributed by atoms with Crippen molar-refractivity contribution in [3.63, 3.8) is 0 Å². The van der Waals surface area contributed by atoms with Crippen molar-refractivity contribution in [1.82, 2.24) is 15.1 Å². The third-order valence-corrected chi connectivity index (χ3v) is 8.23. The molecule has 1 aromatic carbocycles. The Bertz CT molecular complexity index is 1130. The van der Waals surface area contributed by atoms with Gasteiger partial charge in [0.1, 0.15) is 17.9 Å². The van der Waals surface area contributed by atoms with Gasteiger partial charge in [0.25, 0.3) is 11.8 Å². The Labute approximate surface area is 236 Å². The highest BCUT2D eigenvalue weighted by Gasteiger charge is 2.42. The van der Waals surface area contributed by atoms with E-state index < -0.39 is 29.4 Å². The number of likely N-dealkylation sites (N-methyl/N-ethyl adjacent to an activating group) is 1. The number of nitrogens with zero attached hydrogens (tertiary/aromatic N) is 3. The monoisotopic (exact) mass is 554 g/mol. The molecule has 4 amide bonds. The quantitative estimate of drug-likeness (QED) is 0.385. The molecular weight excluding hydrogens is 512 g/mol. The van der Waals surface area contributed by atoms with E-state index in [1.807, 2.05) is 31.7 Å². The molecule has 2 fully saturated rings. The van der Waals surface area contributed by atoms with Crippen LogP contribution in [0.5, 0.6) is 0 Å². The number of ether oxygens (including phenoxy) is 1. The highest BCUT2D eigenvalue weighted by atomic mass is 16.6. The standard InChI is InChI=1S/C30H42N4O6/c1-30(2,3)40-29(39)33-15-11-21(12-16-33)18-20-9-13-32(14-10-20)22-7-8-23-24(19-22)28(38)34(27(23)37)25(6-5-17-35)26(36)31-4/h7-8,17,19-21,25H,5-6,9-16,18H2,1-4H3,(H,31,36). The number of piperidine rings is 2. The second-order valence-electron chi connectivity index (χ2n) is 12.2. The lowest BCUT2D eigenvalue weighted by Crippen LogP contribution is -2.48. The molecule has 10 heteroatoms. The molecular formula is C30H42N4O6. The van der Waals surface area contributed by atoms with Crippen LogP contribution in [-0.4, -0.2) is 84.8 Å². The molecule has 0 aliphatic carbocycles. The number of anilines is 1. The topological polar surface area (TPSA) is 116 Å². The number of carbonyl (C=O) groups is 5. The van der Waals surface area contributed by atoms with Crippen molar-refractivity contribution < 1.29 is 28.7 Å². The van der Waals surface area contributed by atoms with Crippen LogP contribution in [0.2, 0.25) is 0 Å². The number of imide groups is 1. The Morgan fingerprint density at radius 1 is 1.00 bits per heavy atom. The first kappa shape index (κ1) is 29.6. The zero-order valence-electron chi connectivity index (χ0n) is 24.1. The van der Waals surface area contributed by atoms with Gasteiger partial charge < -0.3 is 24.6 Å². The molecule has 0 bridgehead atoms. The summed E-state index contributed by atoms with van der Waals surface area (Å²) in [6.45, 7) is 8.89. The van der Waals surface area contributed by atoms with Crippen LogP contribution >= 0.6 is 0 Å². The van der Waals surface area contributed by atoms with Crippen molar-refractivity contribution >= 4 is 35.8 Å². The molecule has 3 aliphatic rings. The number of rotatable bonds is 8. The van der Waals surface area contributed by atoms with E-state index in [0.717, 1.165) is 68.9 Å². The minimum atomic E-state index is -1.02. The lowest BCUT2D eigenvalue weighted by atomic mass is 9.82. The summed E-state index contributed by atoms with van der Waals surface area (Å²) in [5, 5.41) is 2.50. The number of likely N-dealkylation sites (tertiary alicyclic amines) is 1. The molecule has 1 atom stereocenters. The number of hydrogen-bond donors (Lipinski definition) is 1. The molecule has 2 saturated heterocycles. The van der Waals surface area contributed by atoms with E-state index in [-0.39, 0.29) is 18.9 Å². The molecule has 0 aromatic heterocycles. The second-order valence-corrected chi connectivity index (χ2v) is 12.2. The van der Waals surface area contributed by atoms with Crippen LogP contribution in [0.4, 0.5) is 10.5 Å². The van der Waals surface area contributed by atoms with Crippen LogP contribution in [0, 0.1) is 11.8 Å². The van der Waals surface area contributed by atoms with Gasteiger partial charge in [-0.25, -0.2) is 4.79 Å². The zero-order chi connectivity index (χ0) is 29.0. The fraction of sp³-hybridized carbons (Fsp3) is 0.633. The molecule has 1 N–H and O–H groups in total. The lowest BCUT2D eigenvalue weighted by Gasteiger charge is -2.38. The van der Waals surface area contributed by atoms with Crippen molar-refractivity contribution in [3.05, 3.63) is 29.3 Å². The Morgan fingerprint density at radius 3 is 2.17 bits per heavy atom. The average molecular weight is 555 g/mol. The van der Waals surface area contributed by atoms with Crippen LogP contribution in [0.3, 0.4) is 0 Å². The Kier molecular flexibility index (Phi) is 9.15. The highest BCUT2D eigenvalue weighted by molar-refractivity contribution is 6.23. The van der Waals surface area contributed by atoms with Gasteiger partial charge in [0.15, 0.2) is 0 Å². The van der Waals surface area contributed by atoms with E-state index in [1.54, 1.807) is 12.1 Å². The third kappa shape index (κ3) is 6.64. The number of aldehydes is 1. The summed E-state index contributed by atoms with van der Waals surface area (Å²) in [5.41, 5.74) is 1.02. The maximum Gasteiger partial charge on any atom is 0.410 e. The summed E-state index contributed by atoms with van der Waals surface area (Å²) in [7, 11) is 1.45. The van der Waals surface area contributed by atoms with Gasteiger partial charge in [-0.2, -0.15) is 0 Å². The van der Waals surface area contributed by atoms with E-state index in [4.69, 9.17) is 4.74 Å². The number of amides is 4. The smallest absolute Gasteiger partial charge is 0.410 e. The number of hydrogen-bond acceptors (Lipinski definition) is 7. The minimum Gasteiger partial charge on any atom is -0.444 e. The molecule has 1 unspecified atom stereocenters. The van der Waals surface area contributed by atoms with Crippen molar-refractivity contribution in [2.75, 3.05) is 38.1 Å². The molecule has 3 heterocycles. The molecule has 0 radical (unpaired) electrons. The molecule has 10 nitrogen and oxygen atoms in total. The van der Waals surface area contributed by atoms with Gasteiger partial charge >= 0.3 is 6.09 Å². The molecule has 4 rings (SSSR count). The maximum absolute atomic E-state index is 13.3. The molecule has 3 aliphatic heterocycles. The number of fused-ring (bicyclic) bond motifs is 1. The van der Waals surface area contributed by atoms with Crippen molar-refractivity contribution in [2.24, 2.45) is 11.8 Å². The fourth-order valence-electron chi connectivity index (χ4n) is 6.07. The van der Waals surface area contributed by atoms with E-state index in [0.29, 0.717) is 29.2 Å². The molecule has 40 heavy (non-hydrogen) atoms. The van der Waals surface area contributed by atoms with E-state index in [9.17, 15) is 24.0 Å². The number of benzene rings is 1. The van der Waals surface area contributed by atoms with Crippen LogP contribution < -0.4 is 10.2 Å². The van der Waals surface area contributed by atoms with Crippen LogP contribution in [0.25, 0.3) is 0 Å². The minimum absolute atomic E-state index is 0.0779. The van der Waals surface area contributed by atoms with Crippen LogP contribution in [0.15, 0.2) is 18.2 Å². The third-order valence-electron chi connectivity index (χ3n) is 8.23. The maximum atomic E-state index is 13.3. The zero-order valence-corrected chi connectivity index (χ0v) is 24.1. The first-order chi connectivity index (χ1) is 19.0. The summed E-state index contributed by atoms with van der Waals surface area (Å²) in [5.74, 6) is -0.225. The first-order valence-electron chi connectivity index (χ1n) is 14.4. The molecule has 0 saturated carbocycles. The van der Waals surface area contributed by atoms with Gasteiger partial charge in [-0.05, 0) is 89.3 Å². The molecule has 218 valence electrons. The SMILES string of the molecule is CNC(=O)C(CCC=O)N1C(=O)c2ccc(N3CCC(CC4CCN(C(=O)OC(C)(C)C)CC4)CC3)cc2C1=O. The van der Waals surface area contributed by atoms with Gasteiger partial charge in [-0.3, -0.25) is 19.3 Å². The van der Waals surface area contributed by atoms with Gasteiger partial charge in [0.05, 0.1) is 11.1 Å². The van der Waals surface area contributed by atoms with E-state index in [2.05, 4.69) is 10.2 Å². The van der Waals surface area contributed by atoms with Gasteiger partial charge in [-0.15, -0.1) is 0 Å². The van der Waals surface area contributed by atoms with Crippen LogP contribution in [-0.2, 0) is 14.3 Å². The summed E-state index contributed by atoms with van der Waals surface area (Å²) >= 11 is 0. The normalized spacial score (nSPS) is 19.4. The summed E-state index contributed by atoms with van der Waals surface area (Å²) in [4.78, 5) is 67.1. The van der Waals surface area contributed by atoms with Gasteiger partial charge in [0, 0.05) is 45.3 Å². The Hall–Kier alpha value is -3.43. The Morgan fingerprint density at radius 2 is 1.60 bits per heavy atom. The Balaban J connectivity index is 1.31. The first-order valence-corrected chi connectivity index (χ1v) is 14.4. The predicted octanol–water partition coefficient (Wildman–Crippen LogP) is 3.63. The highest BCUT2D eigenvalue weighted by Crippen LogP contribution is 2.34. The largest absolute Gasteiger partial charge is 0.444 e.